The van der Waals surface area contributed by atoms with Crippen molar-refractivity contribution in [2.45, 2.75) is 39.2 Å². The summed E-state index contributed by atoms with van der Waals surface area (Å²) in [6, 6.07) is 6.15. The van der Waals surface area contributed by atoms with Crippen molar-refractivity contribution in [2.75, 3.05) is 0 Å². The van der Waals surface area contributed by atoms with Crippen LogP contribution in [0.4, 0.5) is 0 Å². The molecule has 0 spiro atoms. The predicted molar refractivity (Wildman–Crippen MR) is 77.9 cm³/mol. The fraction of sp³-hybridized carbons (Fsp3) is 0.538. The van der Waals surface area contributed by atoms with Crippen LogP contribution < -0.4 is 11.3 Å². The smallest absolute Gasteiger partial charge is 0.0548 e. The maximum atomic E-state index is 5.99. The zero-order chi connectivity index (χ0) is 12.8. The van der Waals surface area contributed by atoms with Crippen molar-refractivity contribution < 1.29 is 0 Å². The van der Waals surface area contributed by atoms with Gasteiger partial charge in [0.15, 0.2) is 0 Å². The van der Waals surface area contributed by atoms with Crippen molar-refractivity contribution in [1.29, 1.82) is 0 Å². The molecule has 4 heteroatoms. The molecule has 1 aromatic carbocycles. The normalized spacial score (nSPS) is 13.1. The lowest BCUT2D eigenvalue weighted by Crippen LogP contribution is -2.29. The van der Waals surface area contributed by atoms with E-state index in [-0.39, 0.29) is 6.04 Å². The molecule has 2 nitrogen and oxygen atoms in total. The summed E-state index contributed by atoms with van der Waals surface area (Å²) in [7, 11) is 0. The van der Waals surface area contributed by atoms with Crippen LogP contribution in [0.5, 0.6) is 0 Å². The Labute approximate surface area is 117 Å². The van der Waals surface area contributed by atoms with Gasteiger partial charge in [0.05, 0.1) is 5.02 Å². The Morgan fingerprint density at radius 1 is 1.35 bits per heavy atom. The predicted octanol–water partition coefficient (Wildman–Crippen LogP) is 4.43. The molecule has 96 valence electrons. The summed E-state index contributed by atoms with van der Waals surface area (Å²) in [5.41, 5.74) is 4.08. The quantitative estimate of drug-likeness (QED) is 0.601. The standard InChI is InChI=1S/C13H20BrClN2/c1-3-9(4-2)7-13(17-16)10-5-6-12(15)11(14)8-10/h5-6,8-9,13,17H,3-4,7,16H2,1-2H3. The highest BCUT2D eigenvalue weighted by Gasteiger charge is 2.15. The molecule has 1 rings (SSSR count). The van der Waals surface area contributed by atoms with Gasteiger partial charge in [-0.25, -0.2) is 0 Å². The topological polar surface area (TPSA) is 38.0 Å². The molecule has 0 saturated carbocycles. The molecule has 1 aromatic rings. The van der Waals surface area contributed by atoms with E-state index in [0.29, 0.717) is 5.92 Å². The minimum absolute atomic E-state index is 0.188. The van der Waals surface area contributed by atoms with E-state index in [0.717, 1.165) is 15.9 Å². The average molecular weight is 320 g/mol. The van der Waals surface area contributed by atoms with E-state index in [1.807, 2.05) is 18.2 Å². The second-order valence-corrected chi connectivity index (χ2v) is 5.57. The SMILES string of the molecule is CCC(CC)CC(NN)c1ccc(Cl)c(Br)c1. The minimum Gasteiger partial charge on any atom is -0.271 e. The van der Waals surface area contributed by atoms with Crippen LogP contribution in [0.1, 0.15) is 44.7 Å². The Morgan fingerprint density at radius 3 is 2.47 bits per heavy atom. The summed E-state index contributed by atoms with van der Waals surface area (Å²) in [6.45, 7) is 4.44. The van der Waals surface area contributed by atoms with E-state index < -0.39 is 0 Å². The van der Waals surface area contributed by atoms with Crippen LogP contribution in [0.3, 0.4) is 0 Å². The third kappa shape index (κ3) is 4.25. The van der Waals surface area contributed by atoms with Gasteiger partial charge in [-0.1, -0.05) is 44.4 Å². The zero-order valence-electron chi connectivity index (χ0n) is 10.3. The number of halogens is 2. The summed E-state index contributed by atoms with van der Waals surface area (Å²) in [5.74, 6) is 6.35. The first-order valence-electron chi connectivity index (χ1n) is 6.03. The van der Waals surface area contributed by atoms with Gasteiger partial charge in [-0.2, -0.15) is 0 Å². The van der Waals surface area contributed by atoms with Gasteiger partial charge in [-0.15, -0.1) is 0 Å². The van der Waals surface area contributed by atoms with Crippen LogP contribution in [0.15, 0.2) is 22.7 Å². The summed E-state index contributed by atoms with van der Waals surface area (Å²) < 4.78 is 0.918. The zero-order valence-corrected chi connectivity index (χ0v) is 12.7. The fourth-order valence-electron chi connectivity index (χ4n) is 1.98. The molecular weight excluding hydrogens is 300 g/mol. The van der Waals surface area contributed by atoms with Gasteiger partial charge in [0.1, 0.15) is 0 Å². The summed E-state index contributed by atoms with van der Waals surface area (Å²) >= 11 is 9.43. The lowest BCUT2D eigenvalue weighted by Gasteiger charge is -2.22. The Bertz CT molecular complexity index is 353. The highest BCUT2D eigenvalue weighted by Crippen LogP contribution is 2.29. The van der Waals surface area contributed by atoms with Gasteiger partial charge < -0.3 is 0 Å². The molecule has 0 bridgehead atoms. The third-order valence-electron chi connectivity index (χ3n) is 3.27. The molecule has 0 aliphatic heterocycles. The Kier molecular flexibility index (Phi) is 6.49. The first-order chi connectivity index (χ1) is 8.12. The van der Waals surface area contributed by atoms with Crippen LogP contribution in [0.2, 0.25) is 5.02 Å². The van der Waals surface area contributed by atoms with Crippen molar-refractivity contribution in [3.63, 3.8) is 0 Å². The van der Waals surface area contributed by atoms with E-state index in [1.165, 1.54) is 18.4 Å². The molecule has 0 amide bonds. The van der Waals surface area contributed by atoms with Crippen LogP contribution in [-0.4, -0.2) is 0 Å². The van der Waals surface area contributed by atoms with E-state index >= 15 is 0 Å². The van der Waals surface area contributed by atoms with Crippen molar-refractivity contribution in [1.82, 2.24) is 5.43 Å². The van der Waals surface area contributed by atoms with Crippen LogP contribution in [0.25, 0.3) is 0 Å². The molecule has 17 heavy (non-hydrogen) atoms. The van der Waals surface area contributed by atoms with Gasteiger partial charge in [-0.05, 0) is 46.0 Å². The van der Waals surface area contributed by atoms with Crippen LogP contribution in [-0.2, 0) is 0 Å². The van der Waals surface area contributed by atoms with Gasteiger partial charge in [0, 0.05) is 10.5 Å². The Balaban J connectivity index is 2.82. The van der Waals surface area contributed by atoms with E-state index in [1.54, 1.807) is 0 Å². The third-order valence-corrected chi connectivity index (χ3v) is 4.48. The molecule has 0 fully saturated rings. The Morgan fingerprint density at radius 2 is 2.00 bits per heavy atom. The van der Waals surface area contributed by atoms with E-state index in [4.69, 9.17) is 17.4 Å². The van der Waals surface area contributed by atoms with Crippen molar-refractivity contribution >= 4 is 27.5 Å². The molecule has 0 radical (unpaired) electrons. The van der Waals surface area contributed by atoms with Gasteiger partial charge in [0.2, 0.25) is 0 Å². The van der Waals surface area contributed by atoms with E-state index in [2.05, 4.69) is 35.2 Å². The van der Waals surface area contributed by atoms with Gasteiger partial charge in [-0.3, -0.25) is 11.3 Å². The first kappa shape index (κ1) is 15.0. The number of hydrogen-bond acceptors (Lipinski definition) is 2. The monoisotopic (exact) mass is 318 g/mol. The van der Waals surface area contributed by atoms with Gasteiger partial charge in [0.25, 0.3) is 0 Å². The maximum Gasteiger partial charge on any atom is 0.0548 e. The lowest BCUT2D eigenvalue weighted by molar-refractivity contribution is 0.375. The van der Waals surface area contributed by atoms with Crippen molar-refractivity contribution in [3.05, 3.63) is 33.3 Å². The molecule has 0 aromatic heterocycles. The maximum absolute atomic E-state index is 5.99. The number of hydrogen-bond donors (Lipinski definition) is 2. The molecule has 0 aliphatic carbocycles. The molecule has 0 heterocycles. The molecular formula is C13H20BrClN2. The lowest BCUT2D eigenvalue weighted by atomic mass is 9.91. The molecule has 3 N–H and O–H groups in total. The van der Waals surface area contributed by atoms with Crippen molar-refractivity contribution in [2.24, 2.45) is 11.8 Å². The number of benzene rings is 1. The van der Waals surface area contributed by atoms with Gasteiger partial charge >= 0.3 is 0 Å². The molecule has 1 atom stereocenters. The minimum atomic E-state index is 0.188. The number of nitrogens with two attached hydrogens (primary N) is 1. The number of hydrazine groups is 1. The van der Waals surface area contributed by atoms with Crippen molar-refractivity contribution in [3.8, 4) is 0 Å². The summed E-state index contributed by atoms with van der Waals surface area (Å²) in [4.78, 5) is 0. The summed E-state index contributed by atoms with van der Waals surface area (Å²) in [6.07, 6.45) is 3.42. The highest BCUT2D eigenvalue weighted by atomic mass is 79.9. The fourth-order valence-corrected chi connectivity index (χ4v) is 2.50. The largest absolute Gasteiger partial charge is 0.271 e. The average Bonchev–Trinajstić information content (AvgIpc) is 2.35. The second-order valence-electron chi connectivity index (χ2n) is 4.31. The molecule has 0 aliphatic rings. The number of nitrogens with one attached hydrogen (secondary N) is 1. The highest BCUT2D eigenvalue weighted by molar-refractivity contribution is 9.10. The number of rotatable bonds is 6. The second kappa shape index (κ2) is 7.37. The Hall–Kier alpha value is -0.0900. The summed E-state index contributed by atoms with van der Waals surface area (Å²) in [5, 5.41) is 0.729. The first-order valence-corrected chi connectivity index (χ1v) is 7.20. The van der Waals surface area contributed by atoms with E-state index in [9.17, 15) is 0 Å². The molecule has 0 saturated heterocycles. The van der Waals surface area contributed by atoms with Crippen LogP contribution >= 0.6 is 27.5 Å². The van der Waals surface area contributed by atoms with Crippen LogP contribution in [0, 0.1) is 5.92 Å². The molecule has 1 unspecified atom stereocenters.